The molecule has 0 saturated heterocycles. The Kier molecular flexibility index (Phi) is 5.25. The Labute approximate surface area is 132 Å². The van der Waals surface area contributed by atoms with Gasteiger partial charge in [0.1, 0.15) is 11.8 Å². The lowest BCUT2D eigenvalue weighted by Crippen LogP contribution is -2.43. The lowest BCUT2D eigenvalue weighted by molar-refractivity contribution is -0.123. The van der Waals surface area contributed by atoms with Crippen LogP contribution < -0.4 is 15.6 Å². The average Bonchev–Trinajstić information content (AvgIpc) is 2.58. The molecule has 0 unspecified atom stereocenters. The number of hydrogen-bond donors (Lipinski definition) is 2. The van der Waals surface area contributed by atoms with E-state index in [-0.39, 0.29) is 6.61 Å². The lowest BCUT2D eigenvalue weighted by Gasteiger charge is -2.09. The first-order valence-electron chi connectivity index (χ1n) is 6.74. The number of ether oxygens (including phenoxy) is 1. The van der Waals surface area contributed by atoms with Crippen LogP contribution in [0.4, 0.5) is 0 Å². The summed E-state index contributed by atoms with van der Waals surface area (Å²) in [4.78, 5) is 27.4. The molecule has 2 N–H and O–H groups in total. The molecule has 0 atom stereocenters. The number of carbonyl (C=O) groups is 2. The summed E-state index contributed by atoms with van der Waals surface area (Å²) in [6.45, 7) is 1.48. The number of hydrogen-bond acceptors (Lipinski definition) is 5. The Hall–Kier alpha value is -3.40. The summed E-state index contributed by atoms with van der Waals surface area (Å²) < 4.78 is 5.25. The standard InChI is InChI=1S/C16H14N4O3/c1-11-6-7-13(9-18-11)16(22)20-19-15(21)10-23-14-5-3-2-4-12(14)8-17/h2-7,9H,10H2,1H3,(H,19,21)(H,20,22). The summed E-state index contributed by atoms with van der Waals surface area (Å²) >= 11 is 0. The van der Waals surface area contributed by atoms with Crippen molar-refractivity contribution in [1.29, 1.82) is 5.26 Å². The minimum atomic E-state index is -0.550. The third kappa shape index (κ3) is 4.54. The van der Waals surface area contributed by atoms with E-state index in [1.54, 1.807) is 43.3 Å². The number of hydrazine groups is 1. The molecule has 0 aliphatic rings. The number of nitrogens with one attached hydrogen (secondary N) is 2. The number of aryl methyl sites for hydroxylation is 1. The molecule has 0 saturated carbocycles. The molecular formula is C16H14N4O3. The van der Waals surface area contributed by atoms with Crippen LogP contribution in [0.3, 0.4) is 0 Å². The topological polar surface area (TPSA) is 104 Å². The van der Waals surface area contributed by atoms with Crippen molar-refractivity contribution < 1.29 is 14.3 Å². The van der Waals surface area contributed by atoms with Crippen molar-refractivity contribution in [2.24, 2.45) is 0 Å². The molecule has 2 amide bonds. The Bertz CT molecular complexity index is 751. The molecule has 2 rings (SSSR count). The number of pyridine rings is 1. The first kappa shape index (κ1) is 16.0. The van der Waals surface area contributed by atoms with Crippen LogP contribution >= 0.6 is 0 Å². The smallest absolute Gasteiger partial charge is 0.276 e. The zero-order chi connectivity index (χ0) is 16.7. The van der Waals surface area contributed by atoms with Gasteiger partial charge < -0.3 is 4.74 Å². The fourth-order valence-corrected chi connectivity index (χ4v) is 1.67. The van der Waals surface area contributed by atoms with Crippen LogP contribution in [-0.2, 0) is 4.79 Å². The number of benzene rings is 1. The molecule has 1 aromatic carbocycles. The van der Waals surface area contributed by atoms with Gasteiger partial charge in [0.05, 0.1) is 11.1 Å². The van der Waals surface area contributed by atoms with Crippen molar-refractivity contribution >= 4 is 11.8 Å². The molecule has 0 aliphatic heterocycles. The molecule has 0 aliphatic carbocycles. The second-order valence-electron chi connectivity index (χ2n) is 4.59. The van der Waals surface area contributed by atoms with E-state index in [9.17, 15) is 9.59 Å². The summed E-state index contributed by atoms with van der Waals surface area (Å²) in [6.07, 6.45) is 1.41. The van der Waals surface area contributed by atoms with Gasteiger partial charge in [-0.3, -0.25) is 25.4 Å². The van der Waals surface area contributed by atoms with Crippen molar-refractivity contribution in [3.8, 4) is 11.8 Å². The largest absolute Gasteiger partial charge is 0.482 e. The van der Waals surface area contributed by atoms with E-state index in [4.69, 9.17) is 10.00 Å². The van der Waals surface area contributed by atoms with Crippen molar-refractivity contribution in [1.82, 2.24) is 15.8 Å². The predicted octanol–water partition coefficient (Wildman–Crippen LogP) is 1.10. The number of nitrogens with zero attached hydrogens (tertiary/aromatic N) is 2. The van der Waals surface area contributed by atoms with Crippen molar-refractivity contribution in [3.05, 3.63) is 59.4 Å². The molecule has 0 spiro atoms. The van der Waals surface area contributed by atoms with Crippen LogP contribution in [0.5, 0.6) is 5.75 Å². The first-order chi connectivity index (χ1) is 11.1. The molecule has 0 bridgehead atoms. The maximum Gasteiger partial charge on any atom is 0.276 e. The van der Waals surface area contributed by atoms with Crippen LogP contribution in [0.2, 0.25) is 0 Å². The van der Waals surface area contributed by atoms with Gasteiger partial charge in [0.25, 0.3) is 11.8 Å². The zero-order valence-electron chi connectivity index (χ0n) is 12.4. The first-order valence-corrected chi connectivity index (χ1v) is 6.74. The lowest BCUT2D eigenvalue weighted by atomic mass is 10.2. The highest BCUT2D eigenvalue weighted by molar-refractivity contribution is 5.95. The van der Waals surface area contributed by atoms with E-state index >= 15 is 0 Å². The minimum absolute atomic E-state index is 0.305. The number of aromatic nitrogens is 1. The van der Waals surface area contributed by atoms with Crippen molar-refractivity contribution in [2.75, 3.05) is 6.61 Å². The summed E-state index contributed by atoms with van der Waals surface area (Å²) in [5.41, 5.74) is 5.93. The molecule has 116 valence electrons. The number of para-hydroxylation sites is 1. The molecule has 7 nitrogen and oxygen atoms in total. The summed E-state index contributed by atoms with van der Waals surface area (Å²) in [6, 6.07) is 11.8. The van der Waals surface area contributed by atoms with Gasteiger partial charge in [-0.15, -0.1) is 0 Å². The fourth-order valence-electron chi connectivity index (χ4n) is 1.67. The molecular weight excluding hydrogens is 296 g/mol. The minimum Gasteiger partial charge on any atom is -0.482 e. The molecule has 7 heteroatoms. The molecule has 23 heavy (non-hydrogen) atoms. The van der Waals surface area contributed by atoms with E-state index in [1.807, 2.05) is 6.07 Å². The van der Waals surface area contributed by atoms with E-state index in [0.717, 1.165) is 5.69 Å². The van der Waals surface area contributed by atoms with Gasteiger partial charge in [-0.2, -0.15) is 5.26 Å². The molecule has 0 radical (unpaired) electrons. The number of rotatable bonds is 4. The fraction of sp³-hybridized carbons (Fsp3) is 0.125. The Morgan fingerprint density at radius 2 is 2.00 bits per heavy atom. The number of carbonyl (C=O) groups excluding carboxylic acids is 2. The maximum atomic E-state index is 11.8. The van der Waals surface area contributed by atoms with Crippen LogP contribution in [0.1, 0.15) is 21.6 Å². The molecule has 2 aromatic rings. The van der Waals surface area contributed by atoms with E-state index in [1.165, 1.54) is 6.20 Å². The average molecular weight is 310 g/mol. The van der Waals surface area contributed by atoms with E-state index < -0.39 is 11.8 Å². The zero-order valence-corrected chi connectivity index (χ0v) is 12.4. The second-order valence-corrected chi connectivity index (χ2v) is 4.59. The van der Waals surface area contributed by atoms with Crippen molar-refractivity contribution in [2.45, 2.75) is 6.92 Å². The highest BCUT2D eigenvalue weighted by Crippen LogP contribution is 2.15. The number of amides is 2. The van der Waals surface area contributed by atoms with Crippen molar-refractivity contribution in [3.63, 3.8) is 0 Å². The Morgan fingerprint density at radius 3 is 2.70 bits per heavy atom. The van der Waals surface area contributed by atoms with Crippen LogP contribution in [0.25, 0.3) is 0 Å². The third-order valence-electron chi connectivity index (χ3n) is 2.86. The van der Waals surface area contributed by atoms with Gasteiger partial charge in [-0.1, -0.05) is 12.1 Å². The van der Waals surface area contributed by atoms with E-state index in [0.29, 0.717) is 16.9 Å². The summed E-state index contributed by atoms with van der Waals surface area (Å²) in [5.74, 6) is -0.728. The van der Waals surface area contributed by atoms with Gasteiger partial charge in [0.15, 0.2) is 6.61 Å². The van der Waals surface area contributed by atoms with Gasteiger partial charge in [-0.05, 0) is 31.2 Å². The summed E-state index contributed by atoms with van der Waals surface area (Å²) in [7, 11) is 0. The highest BCUT2D eigenvalue weighted by Gasteiger charge is 2.09. The quantitative estimate of drug-likeness (QED) is 0.823. The predicted molar refractivity (Wildman–Crippen MR) is 81.2 cm³/mol. The third-order valence-corrected chi connectivity index (χ3v) is 2.86. The van der Waals surface area contributed by atoms with Gasteiger partial charge in [0.2, 0.25) is 0 Å². The maximum absolute atomic E-state index is 11.8. The summed E-state index contributed by atoms with van der Waals surface area (Å²) in [5, 5.41) is 8.91. The SMILES string of the molecule is Cc1ccc(C(=O)NNC(=O)COc2ccccc2C#N)cn1. The normalized spacial score (nSPS) is 9.57. The molecule has 1 aromatic heterocycles. The second kappa shape index (κ2) is 7.56. The van der Waals surface area contributed by atoms with Crippen LogP contribution in [0, 0.1) is 18.3 Å². The van der Waals surface area contributed by atoms with Crippen LogP contribution in [0.15, 0.2) is 42.6 Å². The van der Waals surface area contributed by atoms with Gasteiger partial charge >= 0.3 is 0 Å². The Balaban J connectivity index is 1.82. The highest BCUT2D eigenvalue weighted by atomic mass is 16.5. The molecule has 0 fully saturated rings. The molecule has 1 heterocycles. The monoisotopic (exact) mass is 310 g/mol. The number of nitriles is 1. The van der Waals surface area contributed by atoms with Crippen LogP contribution in [-0.4, -0.2) is 23.4 Å². The Morgan fingerprint density at radius 1 is 1.22 bits per heavy atom. The van der Waals surface area contributed by atoms with Gasteiger partial charge in [-0.25, -0.2) is 0 Å². The van der Waals surface area contributed by atoms with E-state index in [2.05, 4.69) is 15.8 Å². The van der Waals surface area contributed by atoms with Gasteiger partial charge in [0, 0.05) is 11.9 Å².